The quantitative estimate of drug-likeness (QED) is 0.446. The van der Waals surface area contributed by atoms with Crippen molar-refractivity contribution in [2.75, 3.05) is 26.2 Å². The number of ketones is 2. The van der Waals surface area contributed by atoms with E-state index in [-0.39, 0.29) is 36.2 Å². The second-order valence-electron chi connectivity index (χ2n) is 9.00. The van der Waals surface area contributed by atoms with Gasteiger partial charge in [-0.15, -0.1) is 0 Å². The summed E-state index contributed by atoms with van der Waals surface area (Å²) in [4.78, 5) is 29.4. The summed E-state index contributed by atoms with van der Waals surface area (Å²) in [5, 5.41) is 28.9. The van der Waals surface area contributed by atoms with E-state index in [0.717, 1.165) is 0 Å². The molecule has 3 aromatic rings. The minimum atomic E-state index is -0.689. The van der Waals surface area contributed by atoms with Crippen molar-refractivity contribution in [1.82, 2.24) is 4.90 Å². The van der Waals surface area contributed by atoms with Crippen LogP contribution in [0.3, 0.4) is 0 Å². The van der Waals surface area contributed by atoms with Crippen LogP contribution in [0.2, 0.25) is 0 Å². The highest BCUT2D eigenvalue weighted by Crippen LogP contribution is 2.42. The number of aromatic hydroxyl groups is 2. The molecule has 0 radical (unpaired) electrons. The minimum Gasteiger partial charge on any atom is -0.508 e. The summed E-state index contributed by atoms with van der Waals surface area (Å²) in [5.74, 6) is -2.77. The number of aliphatic hydroxyl groups is 1. The van der Waals surface area contributed by atoms with Gasteiger partial charge in [-0.1, -0.05) is 12.1 Å². The van der Waals surface area contributed by atoms with Gasteiger partial charge in [0.2, 0.25) is 0 Å². The zero-order valence-corrected chi connectivity index (χ0v) is 19.4. The Labute approximate surface area is 203 Å². The lowest BCUT2D eigenvalue weighted by atomic mass is 9.68. The summed E-state index contributed by atoms with van der Waals surface area (Å²) < 4.78 is 14.7. The van der Waals surface area contributed by atoms with Crippen LogP contribution in [0.15, 0.2) is 66.7 Å². The van der Waals surface area contributed by atoms with Crippen LogP contribution in [0.5, 0.6) is 11.5 Å². The van der Waals surface area contributed by atoms with Gasteiger partial charge in [-0.2, -0.15) is 0 Å². The topological polar surface area (TPSA) is 98.1 Å². The van der Waals surface area contributed by atoms with E-state index in [9.17, 15) is 29.3 Å². The Morgan fingerprint density at radius 2 is 1.34 bits per heavy atom. The van der Waals surface area contributed by atoms with Crippen LogP contribution in [-0.4, -0.2) is 58.0 Å². The summed E-state index contributed by atoms with van der Waals surface area (Å²) in [5.41, 5.74) is 1.75. The first-order valence-corrected chi connectivity index (χ1v) is 11.5. The second kappa shape index (κ2) is 10.4. The lowest BCUT2D eigenvalue weighted by Crippen LogP contribution is -2.51. The fourth-order valence-electron chi connectivity index (χ4n) is 5.05. The molecular formula is C28H28FNO5. The summed E-state index contributed by atoms with van der Waals surface area (Å²) in [6, 6.07) is 16.6. The van der Waals surface area contributed by atoms with E-state index in [0.29, 0.717) is 35.3 Å². The van der Waals surface area contributed by atoms with Gasteiger partial charge in [0.05, 0.1) is 6.61 Å². The summed E-state index contributed by atoms with van der Waals surface area (Å²) in [7, 11) is 0. The SMILES string of the molecule is Cc1c(F)cccc1C1[C@@H](C(=O)c2ccc(O)cc2)CN(CCO)C[C@@H]1C(=O)c1ccc(O)cc1. The van der Waals surface area contributed by atoms with E-state index < -0.39 is 23.6 Å². The van der Waals surface area contributed by atoms with Gasteiger partial charge >= 0.3 is 0 Å². The molecule has 4 rings (SSSR count). The average molecular weight is 478 g/mol. The van der Waals surface area contributed by atoms with Crippen molar-refractivity contribution in [3.8, 4) is 11.5 Å². The molecule has 182 valence electrons. The van der Waals surface area contributed by atoms with Gasteiger partial charge < -0.3 is 15.3 Å². The number of carbonyl (C=O) groups is 2. The largest absolute Gasteiger partial charge is 0.508 e. The number of nitrogens with zero attached hydrogens (tertiary/aromatic N) is 1. The van der Waals surface area contributed by atoms with Crippen molar-refractivity contribution in [3.63, 3.8) is 0 Å². The molecular weight excluding hydrogens is 449 g/mol. The van der Waals surface area contributed by atoms with E-state index in [2.05, 4.69) is 0 Å². The Morgan fingerprint density at radius 3 is 1.80 bits per heavy atom. The number of hydrogen-bond donors (Lipinski definition) is 3. The fourth-order valence-corrected chi connectivity index (χ4v) is 5.05. The Balaban J connectivity index is 1.84. The maximum Gasteiger partial charge on any atom is 0.167 e. The monoisotopic (exact) mass is 477 g/mol. The first-order valence-electron chi connectivity index (χ1n) is 11.5. The molecule has 3 aromatic carbocycles. The summed E-state index contributed by atoms with van der Waals surface area (Å²) in [6.07, 6.45) is 0. The number of phenols is 2. The van der Waals surface area contributed by atoms with Crippen LogP contribution in [0.25, 0.3) is 0 Å². The molecule has 1 heterocycles. The van der Waals surface area contributed by atoms with E-state index >= 15 is 0 Å². The smallest absolute Gasteiger partial charge is 0.167 e. The van der Waals surface area contributed by atoms with Crippen LogP contribution >= 0.6 is 0 Å². The van der Waals surface area contributed by atoms with Crippen LogP contribution in [-0.2, 0) is 0 Å². The molecule has 1 fully saturated rings. The van der Waals surface area contributed by atoms with Gasteiger partial charge in [-0.25, -0.2) is 4.39 Å². The van der Waals surface area contributed by atoms with Crippen molar-refractivity contribution in [2.45, 2.75) is 12.8 Å². The molecule has 7 heteroatoms. The summed E-state index contributed by atoms with van der Waals surface area (Å²) >= 11 is 0. The first kappa shape index (κ1) is 24.6. The number of rotatable bonds is 7. The minimum absolute atomic E-state index is 0.0324. The molecule has 0 unspecified atom stereocenters. The zero-order chi connectivity index (χ0) is 25.1. The van der Waals surface area contributed by atoms with E-state index in [1.165, 1.54) is 54.6 Å². The highest BCUT2D eigenvalue weighted by molar-refractivity contribution is 6.02. The first-order chi connectivity index (χ1) is 16.8. The molecule has 0 amide bonds. The third kappa shape index (κ3) is 5.11. The highest BCUT2D eigenvalue weighted by Gasteiger charge is 2.45. The van der Waals surface area contributed by atoms with Crippen LogP contribution in [0, 0.1) is 24.6 Å². The van der Waals surface area contributed by atoms with E-state index in [4.69, 9.17) is 0 Å². The standard InChI is InChI=1S/C28H28FNO5/c1-17-22(3-2-4-25(17)29)26-23(27(34)18-5-9-20(32)10-6-18)15-30(13-14-31)16-24(26)28(35)19-7-11-21(33)12-8-19/h2-12,23-24,26,31-33H,13-16H2,1H3/t23-,24-/m0/s1. The number of phenolic OH excluding ortho intramolecular Hbond substituents is 2. The maximum absolute atomic E-state index is 14.7. The molecule has 1 aliphatic heterocycles. The predicted molar refractivity (Wildman–Crippen MR) is 129 cm³/mol. The molecule has 3 N–H and O–H groups in total. The molecule has 0 spiro atoms. The third-order valence-electron chi connectivity index (χ3n) is 6.84. The molecule has 6 nitrogen and oxygen atoms in total. The number of piperidine rings is 1. The third-order valence-corrected chi connectivity index (χ3v) is 6.84. The molecule has 1 saturated heterocycles. The van der Waals surface area contributed by atoms with Gasteiger partial charge in [0.15, 0.2) is 11.6 Å². The maximum atomic E-state index is 14.7. The molecule has 0 aromatic heterocycles. The van der Waals surface area contributed by atoms with Crippen molar-refractivity contribution in [1.29, 1.82) is 0 Å². The van der Waals surface area contributed by atoms with E-state index in [1.807, 2.05) is 4.90 Å². The Kier molecular flexibility index (Phi) is 7.28. The lowest BCUT2D eigenvalue weighted by molar-refractivity contribution is 0.0529. The van der Waals surface area contributed by atoms with Crippen molar-refractivity contribution in [2.24, 2.45) is 11.8 Å². The van der Waals surface area contributed by atoms with Gasteiger partial charge in [0.1, 0.15) is 17.3 Å². The van der Waals surface area contributed by atoms with Crippen LogP contribution < -0.4 is 0 Å². The van der Waals surface area contributed by atoms with Crippen LogP contribution in [0.1, 0.15) is 37.8 Å². The normalized spacial score (nSPS) is 18.9. The molecule has 0 aliphatic carbocycles. The predicted octanol–water partition coefficient (Wildman–Crippen LogP) is 3.94. The number of Topliss-reactive ketones (excluding diaryl/α,β-unsaturated/α-hetero) is 2. The molecule has 35 heavy (non-hydrogen) atoms. The highest BCUT2D eigenvalue weighted by atomic mass is 19.1. The van der Waals surface area contributed by atoms with Crippen molar-refractivity contribution < 1.29 is 29.3 Å². The zero-order valence-electron chi connectivity index (χ0n) is 19.4. The molecule has 1 aliphatic rings. The van der Waals surface area contributed by atoms with Gasteiger partial charge in [0.25, 0.3) is 0 Å². The summed E-state index contributed by atoms with van der Waals surface area (Å²) in [6.45, 7) is 2.38. The number of hydrogen-bond acceptors (Lipinski definition) is 6. The fraction of sp³-hybridized carbons (Fsp3) is 0.286. The number of carbonyl (C=O) groups excluding carboxylic acids is 2. The molecule has 2 atom stereocenters. The average Bonchev–Trinajstić information content (AvgIpc) is 2.86. The Bertz CT molecular complexity index is 1140. The van der Waals surface area contributed by atoms with Crippen molar-refractivity contribution in [3.05, 3.63) is 94.8 Å². The molecule has 0 bridgehead atoms. The van der Waals surface area contributed by atoms with Gasteiger partial charge in [-0.3, -0.25) is 14.5 Å². The van der Waals surface area contributed by atoms with Gasteiger partial charge in [-0.05, 0) is 72.6 Å². The van der Waals surface area contributed by atoms with Crippen molar-refractivity contribution >= 4 is 11.6 Å². The lowest BCUT2D eigenvalue weighted by Gasteiger charge is -2.43. The Morgan fingerprint density at radius 1 is 0.857 bits per heavy atom. The number of aliphatic hydroxyl groups excluding tert-OH is 1. The van der Waals surface area contributed by atoms with Gasteiger partial charge in [0, 0.05) is 48.5 Å². The number of likely N-dealkylation sites (tertiary alicyclic amines) is 1. The second-order valence-corrected chi connectivity index (χ2v) is 9.00. The van der Waals surface area contributed by atoms with E-state index in [1.54, 1.807) is 19.1 Å². The van der Waals surface area contributed by atoms with Crippen LogP contribution in [0.4, 0.5) is 4.39 Å². The Hall–Kier alpha value is -3.55. The molecule has 0 saturated carbocycles. The number of benzene rings is 3. The number of halogens is 1. The number of β-amino-alcohol motifs (C(OH)–C–C–N with tert-alkyl or cyclic N) is 1.